The fourth-order valence-electron chi connectivity index (χ4n) is 11.9. The normalized spacial score (nSPS) is 29.9. The van der Waals surface area contributed by atoms with E-state index < -0.39 is 92.0 Å². The highest BCUT2D eigenvalue weighted by Gasteiger charge is 2.57. The number of unbranched alkanes of at least 4 members (excludes halogenated alkanes) is 1. The van der Waals surface area contributed by atoms with Crippen LogP contribution in [0.2, 0.25) is 0 Å². The van der Waals surface area contributed by atoms with Crippen molar-refractivity contribution in [3.63, 3.8) is 0 Å². The van der Waals surface area contributed by atoms with Crippen LogP contribution in [0.25, 0.3) is 0 Å². The van der Waals surface area contributed by atoms with E-state index in [4.69, 9.17) is 61.6 Å². The lowest BCUT2D eigenvalue weighted by atomic mass is 9.89. The summed E-state index contributed by atoms with van der Waals surface area (Å²) >= 11 is 0. The zero-order chi connectivity index (χ0) is 62.3. The lowest BCUT2D eigenvalue weighted by molar-refractivity contribution is -0.395. The summed E-state index contributed by atoms with van der Waals surface area (Å²) in [5.41, 5.74) is 5.04. The Morgan fingerprint density at radius 2 is 0.920 bits per heavy atom. The Bertz CT molecular complexity index is 2740. The van der Waals surface area contributed by atoms with Crippen LogP contribution in [0.15, 0.2) is 176 Å². The van der Waals surface area contributed by atoms with Crippen molar-refractivity contribution >= 4 is 0 Å². The lowest BCUT2D eigenvalue weighted by Gasteiger charge is -2.53. The van der Waals surface area contributed by atoms with E-state index >= 15 is 0 Å². The average molecular weight is 1220 g/mol. The Balaban J connectivity index is 1.07. The van der Waals surface area contributed by atoms with Gasteiger partial charge in [-0.3, -0.25) is 0 Å². The first-order valence-electron chi connectivity index (χ1n) is 32.0. The van der Waals surface area contributed by atoms with Gasteiger partial charge >= 0.3 is 0 Å². The predicted octanol–water partition coefficient (Wildman–Crippen LogP) is 13.1. The Kier molecular flexibility index (Phi) is 27.8. The zero-order valence-electron chi connectivity index (χ0n) is 53.1. The van der Waals surface area contributed by atoms with Crippen molar-refractivity contribution in [1.82, 2.24) is 0 Å². The second-order valence-electron chi connectivity index (χ2n) is 23.7. The summed E-state index contributed by atoms with van der Waals surface area (Å²) in [6.45, 7) is 17.8. The number of ether oxygens (including phenoxy) is 13. The van der Waals surface area contributed by atoms with Gasteiger partial charge in [-0.1, -0.05) is 218 Å². The van der Waals surface area contributed by atoms with Crippen molar-refractivity contribution in [3.8, 4) is 0 Å². The van der Waals surface area contributed by atoms with E-state index in [1.807, 2.05) is 161 Å². The summed E-state index contributed by atoms with van der Waals surface area (Å²) in [5.74, 6) is -2.09. The van der Waals surface area contributed by atoms with Gasteiger partial charge < -0.3 is 71.8 Å². The fourth-order valence-corrected chi connectivity index (χ4v) is 11.9. The Hall–Kier alpha value is -5.02. The summed E-state index contributed by atoms with van der Waals surface area (Å²) < 4.78 is 88.4. The van der Waals surface area contributed by atoms with Gasteiger partial charge in [0.15, 0.2) is 30.9 Å². The van der Waals surface area contributed by atoms with E-state index in [2.05, 4.69) is 52.0 Å². The summed E-state index contributed by atoms with van der Waals surface area (Å²) in [7, 11) is 1.44. The van der Waals surface area contributed by atoms with Crippen LogP contribution in [-0.4, -0.2) is 122 Å². The summed E-state index contributed by atoms with van der Waals surface area (Å²) in [6.07, 6.45) is 0.473. The van der Waals surface area contributed by atoms with E-state index in [0.717, 1.165) is 47.1 Å². The summed E-state index contributed by atoms with van der Waals surface area (Å²) in [6, 6.07) is 50.4. The molecule has 15 heteroatoms. The van der Waals surface area contributed by atoms with Gasteiger partial charge in [-0.25, -0.2) is 0 Å². The molecule has 3 aliphatic rings. The molecule has 0 aliphatic carbocycles. The number of methoxy groups -OCH3 is 1. The van der Waals surface area contributed by atoms with Crippen LogP contribution < -0.4 is 0 Å². The maximum atomic E-state index is 12.0. The van der Waals surface area contributed by atoms with Gasteiger partial charge in [-0.05, 0) is 80.0 Å². The molecule has 0 amide bonds. The highest BCUT2D eigenvalue weighted by atomic mass is 16.8. The third-order valence-electron chi connectivity index (χ3n) is 16.8. The second-order valence-corrected chi connectivity index (χ2v) is 23.7. The lowest BCUT2D eigenvalue weighted by Crippen LogP contribution is -2.67. The van der Waals surface area contributed by atoms with Crippen LogP contribution in [0, 0.1) is 11.8 Å². The third-order valence-corrected chi connectivity index (χ3v) is 16.8. The minimum absolute atomic E-state index is 0.221. The molecule has 0 spiro atoms. The maximum absolute atomic E-state index is 12.0. The largest absolute Gasteiger partial charge is 0.370 e. The molecule has 3 fully saturated rings. The molecule has 3 heterocycles. The van der Waals surface area contributed by atoms with Crippen LogP contribution in [0.1, 0.15) is 122 Å². The second kappa shape index (κ2) is 35.5. The Morgan fingerprint density at radius 3 is 1.41 bits per heavy atom. The zero-order valence-corrected chi connectivity index (χ0v) is 53.1. The van der Waals surface area contributed by atoms with Gasteiger partial charge in [0.05, 0.1) is 75.8 Å². The number of benzene rings is 5. The van der Waals surface area contributed by atoms with Crippen molar-refractivity contribution < 1.29 is 71.8 Å². The first kappa shape index (κ1) is 68.9. The smallest absolute Gasteiger partial charge is 0.195 e. The van der Waals surface area contributed by atoms with E-state index in [0.29, 0.717) is 39.1 Å². The summed E-state index contributed by atoms with van der Waals surface area (Å²) in [5, 5.41) is 22.1. The number of aliphatic hydroxyl groups excluding tert-OH is 2. The van der Waals surface area contributed by atoms with Gasteiger partial charge in [0.25, 0.3) is 0 Å². The molecule has 3 saturated heterocycles. The molecular formula is C73H98O15. The number of rotatable bonds is 34. The molecule has 5 aromatic carbocycles. The average Bonchev–Trinajstić information content (AvgIpc) is 1.35. The van der Waals surface area contributed by atoms with Crippen molar-refractivity contribution in [3.05, 3.63) is 204 Å². The molecule has 88 heavy (non-hydrogen) atoms. The minimum Gasteiger partial charge on any atom is -0.370 e. The van der Waals surface area contributed by atoms with E-state index in [1.54, 1.807) is 18.2 Å². The van der Waals surface area contributed by atoms with Crippen molar-refractivity contribution in [2.75, 3.05) is 7.11 Å². The third kappa shape index (κ3) is 20.0. The Labute approximate surface area is 523 Å². The van der Waals surface area contributed by atoms with E-state index in [-0.39, 0.29) is 37.3 Å². The van der Waals surface area contributed by atoms with Crippen LogP contribution >= 0.6 is 0 Å². The highest BCUT2D eigenvalue weighted by Crippen LogP contribution is 2.42. The number of aliphatic hydroxyl groups is 2. The SMILES string of the molecule is CCCCC(C=CC(O)OC1C(C)OC(OC(C=CC(O)OC)CCC)C(C)C1OCc1ccccc1)OC1(C)OC(C)C(OC2OC(CC)C(OCc3ccccc3)C(OCc3ccccc3)C2C)C(OCc2ccccc2)C1OCc1ccccc1. The van der Waals surface area contributed by atoms with E-state index in [9.17, 15) is 10.2 Å². The molecule has 8 rings (SSSR count). The molecule has 15 nitrogen and oxygen atoms in total. The van der Waals surface area contributed by atoms with Gasteiger partial charge in [0.2, 0.25) is 0 Å². The Morgan fingerprint density at radius 1 is 0.466 bits per heavy atom. The molecule has 3 aliphatic heterocycles. The number of hydrogen-bond acceptors (Lipinski definition) is 15. The number of hydrogen-bond donors (Lipinski definition) is 2. The predicted molar refractivity (Wildman–Crippen MR) is 337 cm³/mol. The maximum Gasteiger partial charge on any atom is 0.195 e. The van der Waals surface area contributed by atoms with E-state index in [1.165, 1.54) is 7.11 Å². The molecule has 5 aromatic rings. The molecule has 0 radical (unpaired) electrons. The summed E-state index contributed by atoms with van der Waals surface area (Å²) in [4.78, 5) is 0. The molecule has 2 N–H and O–H groups in total. The molecule has 19 atom stereocenters. The van der Waals surface area contributed by atoms with Crippen LogP contribution in [0.3, 0.4) is 0 Å². The molecule has 19 unspecified atom stereocenters. The van der Waals surface area contributed by atoms with Gasteiger partial charge in [-0.15, -0.1) is 0 Å². The molecular weight excluding hydrogens is 1120 g/mol. The molecule has 0 aromatic heterocycles. The van der Waals surface area contributed by atoms with Crippen LogP contribution in [-0.2, 0) is 94.6 Å². The standard InChI is InChI=1S/C73H98O15/c1-10-13-40-60(42-44-63(75)85-66-52(6)82-71(83-59(29-11-2)41-43-62(74)76-9)50(4)64(66)77-45-54-30-19-14-20-31-54)88-73(8)70(81-49-58-38-27-18-28-39-58)69(80-48-57-36-25-17-26-37-57)67(53(7)87-73)86-72-51(5)65(78-46-55-32-21-15-22-33-55)68(61(12-3)84-72)79-47-56-34-23-16-24-35-56/h14-28,30-39,41-44,50-53,59-72,74-75H,10-13,29,40,45-49H2,1-9H3. The molecule has 480 valence electrons. The van der Waals surface area contributed by atoms with Crippen LogP contribution in [0.5, 0.6) is 0 Å². The van der Waals surface area contributed by atoms with Gasteiger partial charge in [0, 0.05) is 18.9 Å². The highest BCUT2D eigenvalue weighted by molar-refractivity contribution is 5.18. The molecule has 0 bridgehead atoms. The molecule has 0 saturated carbocycles. The van der Waals surface area contributed by atoms with Crippen molar-refractivity contribution in [2.24, 2.45) is 11.8 Å². The van der Waals surface area contributed by atoms with Crippen LogP contribution in [0.4, 0.5) is 0 Å². The van der Waals surface area contributed by atoms with Gasteiger partial charge in [0.1, 0.15) is 30.5 Å². The first-order chi connectivity index (χ1) is 42.8. The topological polar surface area (TPSA) is 160 Å². The monoisotopic (exact) mass is 1210 g/mol. The van der Waals surface area contributed by atoms with Crippen molar-refractivity contribution in [1.29, 1.82) is 0 Å². The quantitative estimate of drug-likeness (QED) is 0.0296. The fraction of sp³-hybridized carbons (Fsp3) is 0.534. The minimum atomic E-state index is -1.44. The van der Waals surface area contributed by atoms with Crippen molar-refractivity contribution in [2.45, 2.75) is 231 Å². The van der Waals surface area contributed by atoms with Gasteiger partial charge in [-0.2, -0.15) is 0 Å². The first-order valence-corrected chi connectivity index (χ1v) is 32.0.